The highest BCUT2D eigenvalue weighted by Crippen LogP contribution is 2.38. The molecule has 0 fully saturated rings. The average Bonchev–Trinajstić information content (AvgIpc) is 3.19. The smallest absolute Gasteiger partial charge is 0.338 e. The number of hydrogen-bond acceptors (Lipinski definition) is 5. The van der Waals surface area contributed by atoms with Crippen LogP contribution in [0.1, 0.15) is 40.9 Å². The van der Waals surface area contributed by atoms with Gasteiger partial charge in [0.1, 0.15) is 0 Å². The van der Waals surface area contributed by atoms with Crippen LogP contribution in [0.3, 0.4) is 0 Å². The summed E-state index contributed by atoms with van der Waals surface area (Å²) in [4.78, 5) is 25.3. The van der Waals surface area contributed by atoms with E-state index in [2.05, 4.69) is 35.0 Å². The minimum absolute atomic E-state index is 0.218. The molecule has 3 aromatic rings. The fourth-order valence-corrected chi connectivity index (χ4v) is 3.95. The van der Waals surface area contributed by atoms with Gasteiger partial charge in [-0.15, -0.1) is 0 Å². The van der Waals surface area contributed by atoms with Gasteiger partial charge >= 0.3 is 5.97 Å². The van der Waals surface area contributed by atoms with Crippen LogP contribution in [0.15, 0.2) is 72.8 Å². The number of carbonyl (C=O) groups is 2. The van der Waals surface area contributed by atoms with Crippen molar-refractivity contribution in [2.24, 2.45) is 0 Å². The number of esters is 1. The van der Waals surface area contributed by atoms with Gasteiger partial charge in [-0.25, -0.2) is 4.79 Å². The third-order valence-electron chi connectivity index (χ3n) is 5.65. The zero-order chi connectivity index (χ0) is 23.9. The molecule has 34 heavy (non-hydrogen) atoms. The topological polar surface area (TPSA) is 79.5 Å². The molecular formula is C28H29N3O3. The molecule has 0 aromatic heterocycles. The number of nitrogens with one attached hydrogen (secondary N) is 3. The van der Waals surface area contributed by atoms with Crippen LogP contribution < -0.4 is 16.0 Å². The second kappa shape index (κ2) is 10.8. The summed E-state index contributed by atoms with van der Waals surface area (Å²) >= 11 is 0. The predicted octanol–water partition coefficient (Wildman–Crippen LogP) is 4.95. The van der Waals surface area contributed by atoms with E-state index in [0.29, 0.717) is 29.1 Å². The van der Waals surface area contributed by atoms with Crippen molar-refractivity contribution >= 4 is 34.5 Å². The molecule has 0 saturated carbocycles. The molecule has 1 heterocycles. The van der Waals surface area contributed by atoms with Crippen LogP contribution in [0, 0.1) is 0 Å². The van der Waals surface area contributed by atoms with Crippen molar-refractivity contribution in [2.45, 2.75) is 20.3 Å². The highest BCUT2D eigenvalue weighted by Gasteiger charge is 2.29. The molecule has 1 aliphatic heterocycles. The lowest BCUT2D eigenvalue weighted by molar-refractivity contribution is -0.110. The van der Waals surface area contributed by atoms with E-state index in [4.69, 9.17) is 4.74 Å². The first-order chi connectivity index (χ1) is 16.6. The quantitative estimate of drug-likeness (QED) is 0.242. The van der Waals surface area contributed by atoms with Crippen molar-refractivity contribution in [1.82, 2.24) is 5.32 Å². The van der Waals surface area contributed by atoms with Gasteiger partial charge in [-0.2, -0.15) is 0 Å². The van der Waals surface area contributed by atoms with Crippen molar-refractivity contribution < 1.29 is 14.3 Å². The SMILES string of the molecule is CCNCCc1ccc(N/C(=C2\C(=O)Nc3cc(C(=O)OCC)ccc32)c2ccccc2)cc1. The number of likely N-dealkylation sites (N-methyl/N-ethyl adjacent to an activating group) is 1. The van der Waals surface area contributed by atoms with Crippen molar-refractivity contribution in [1.29, 1.82) is 0 Å². The highest BCUT2D eigenvalue weighted by atomic mass is 16.5. The second-order valence-electron chi connectivity index (χ2n) is 7.98. The van der Waals surface area contributed by atoms with Gasteiger partial charge in [0.05, 0.1) is 29.1 Å². The molecule has 4 rings (SSSR count). The predicted molar refractivity (Wildman–Crippen MR) is 137 cm³/mol. The Balaban J connectivity index is 1.70. The van der Waals surface area contributed by atoms with Crippen molar-refractivity contribution in [3.63, 3.8) is 0 Å². The van der Waals surface area contributed by atoms with E-state index in [9.17, 15) is 9.59 Å². The Morgan fingerprint density at radius 1 is 0.941 bits per heavy atom. The third-order valence-corrected chi connectivity index (χ3v) is 5.65. The summed E-state index contributed by atoms with van der Waals surface area (Å²) in [5.74, 6) is -0.628. The fraction of sp³-hybridized carbons (Fsp3) is 0.214. The Morgan fingerprint density at radius 3 is 2.41 bits per heavy atom. The molecule has 3 aromatic carbocycles. The van der Waals surface area contributed by atoms with Gasteiger partial charge in [-0.3, -0.25) is 4.79 Å². The zero-order valence-corrected chi connectivity index (χ0v) is 19.5. The molecule has 0 aliphatic carbocycles. The minimum Gasteiger partial charge on any atom is -0.462 e. The molecule has 0 spiro atoms. The molecule has 0 atom stereocenters. The van der Waals surface area contributed by atoms with Crippen LogP contribution in [-0.2, 0) is 16.0 Å². The summed E-state index contributed by atoms with van der Waals surface area (Å²) in [5, 5.41) is 9.72. The highest BCUT2D eigenvalue weighted by molar-refractivity contribution is 6.37. The standard InChI is InChI=1S/C28H29N3O3/c1-3-29-17-16-19-10-13-22(14-11-19)30-26(20-8-6-5-7-9-20)25-23-15-12-21(28(33)34-4-2)18-24(23)31-27(25)32/h5-15,18,29-30H,3-4,16-17H2,1-2H3,(H,31,32)/b26-25-. The Hall–Kier alpha value is -3.90. The lowest BCUT2D eigenvalue weighted by Gasteiger charge is -2.15. The van der Waals surface area contributed by atoms with Gasteiger partial charge in [-0.05, 0) is 61.8 Å². The van der Waals surface area contributed by atoms with E-state index in [1.807, 2.05) is 42.5 Å². The summed E-state index contributed by atoms with van der Waals surface area (Å²) < 4.78 is 5.10. The van der Waals surface area contributed by atoms with Crippen LogP contribution in [0.25, 0.3) is 11.3 Å². The van der Waals surface area contributed by atoms with Crippen LogP contribution in [0.5, 0.6) is 0 Å². The molecule has 174 valence electrons. The number of amides is 1. The first-order valence-electron chi connectivity index (χ1n) is 11.6. The Morgan fingerprint density at radius 2 is 1.71 bits per heavy atom. The van der Waals surface area contributed by atoms with E-state index >= 15 is 0 Å². The van der Waals surface area contributed by atoms with Gasteiger partial charge in [-0.1, -0.05) is 55.5 Å². The van der Waals surface area contributed by atoms with Crippen molar-refractivity contribution in [3.05, 3.63) is 95.1 Å². The van der Waals surface area contributed by atoms with E-state index in [-0.39, 0.29) is 5.91 Å². The molecule has 1 aliphatic rings. The molecule has 0 unspecified atom stereocenters. The van der Waals surface area contributed by atoms with Gasteiger partial charge in [0, 0.05) is 11.3 Å². The fourth-order valence-electron chi connectivity index (χ4n) is 3.95. The maximum Gasteiger partial charge on any atom is 0.338 e. The molecule has 0 saturated heterocycles. The maximum atomic E-state index is 13.1. The molecule has 6 nitrogen and oxygen atoms in total. The van der Waals surface area contributed by atoms with Crippen LogP contribution in [-0.4, -0.2) is 31.6 Å². The number of hydrogen-bond donors (Lipinski definition) is 3. The van der Waals surface area contributed by atoms with Gasteiger partial charge in [0.25, 0.3) is 5.91 Å². The van der Waals surface area contributed by atoms with Gasteiger partial charge in [0.15, 0.2) is 0 Å². The van der Waals surface area contributed by atoms with Gasteiger partial charge < -0.3 is 20.7 Å². The lowest BCUT2D eigenvalue weighted by Crippen LogP contribution is -2.16. The second-order valence-corrected chi connectivity index (χ2v) is 7.98. The van der Waals surface area contributed by atoms with E-state index < -0.39 is 5.97 Å². The van der Waals surface area contributed by atoms with Crippen molar-refractivity contribution in [2.75, 3.05) is 30.3 Å². The van der Waals surface area contributed by atoms with Crippen LogP contribution in [0.4, 0.5) is 11.4 Å². The monoisotopic (exact) mass is 455 g/mol. The summed E-state index contributed by atoms with van der Waals surface area (Å²) in [6, 6.07) is 23.2. The summed E-state index contributed by atoms with van der Waals surface area (Å²) in [5.41, 5.74) is 6.02. The first kappa shape index (κ1) is 23.3. The maximum absolute atomic E-state index is 13.1. The number of ether oxygens (including phenoxy) is 1. The third kappa shape index (κ3) is 5.18. The zero-order valence-electron chi connectivity index (χ0n) is 19.5. The van der Waals surface area contributed by atoms with Crippen LogP contribution >= 0.6 is 0 Å². The normalized spacial score (nSPS) is 13.8. The summed E-state index contributed by atoms with van der Waals surface area (Å²) in [6.07, 6.45) is 0.958. The summed E-state index contributed by atoms with van der Waals surface area (Å²) in [6.45, 7) is 6.05. The Kier molecular flexibility index (Phi) is 7.40. The average molecular weight is 456 g/mol. The number of rotatable bonds is 9. The number of anilines is 2. The molecule has 0 bridgehead atoms. The number of carbonyl (C=O) groups excluding carboxylic acids is 2. The Bertz CT molecular complexity index is 1200. The first-order valence-corrected chi connectivity index (χ1v) is 11.6. The molecule has 1 amide bonds. The summed E-state index contributed by atoms with van der Waals surface area (Å²) in [7, 11) is 0. The van der Waals surface area contributed by atoms with Crippen molar-refractivity contribution in [3.8, 4) is 0 Å². The van der Waals surface area contributed by atoms with Crippen LogP contribution in [0.2, 0.25) is 0 Å². The number of benzene rings is 3. The van der Waals surface area contributed by atoms with E-state index in [0.717, 1.165) is 36.3 Å². The molecule has 0 radical (unpaired) electrons. The Labute approximate surface area is 200 Å². The van der Waals surface area contributed by atoms with E-state index in [1.165, 1.54) is 5.56 Å². The number of fused-ring (bicyclic) bond motifs is 1. The van der Waals surface area contributed by atoms with E-state index in [1.54, 1.807) is 25.1 Å². The lowest BCUT2D eigenvalue weighted by atomic mass is 9.99. The minimum atomic E-state index is -0.410. The molecule has 3 N–H and O–H groups in total. The molecule has 6 heteroatoms. The largest absolute Gasteiger partial charge is 0.462 e. The molecular weight excluding hydrogens is 426 g/mol. The van der Waals surface area contributed by atoms with Gasteiger partial charge in [0.2, 0.25) is 0 Å².